The van der Waals surface area contributed by atoms with Crippen molar-refractivity contribution in [2.75, 3.05) is 0 Å². The molecule has 30 heavy (non-hydrogen) atoms. The van der Waals surface area contributed by atoms with E-state index in [4.69, 9.17) is 9.84 Å². The molecule has 0 spiro atoms. The third kappa shape index (κ3) is 4.21. The van der Waals surface area contributed by atoms with Crippen molar-refractivity contribution in [1.29, 1.82) is 0 Å². The van der Waals surface area contributed by atoms with E-state index in [1.54, 1.807) is 23.5 Å². The Kier molecular flexibility index (Phi) is 5.55. The highest BCUT2D eigenvalue weighted by molar-refractivity contribution is 7.20. The molecule has 0 saturated heterocycles. The van der Waals surface area contributed by atoms with Crippen LogP contribution in [0.3, 0.4) is 0 Å². The Morgan fingerprint density at radius 1 is 1.10 bits per heavy atom. The summed E-state index contributed by atoms with van der Waals surface area (Å²) in [6.07, 6.45) is 12.0. The predicted octanol–water partition coefficient (Wildman–Crippen LogP) is 6.79. The van der Waals surface area contributed by atoms with Crippen molar-refractivity contribution in [2.45, 2.75) is 13.3 Å². The number of thiophene rings is 1. The molecule has 0 atom stereocenters. The smallest absolute Gasteiger partial charge is 0.328 e. The molecular weight excluding hydrogens is 396 g/mol. The number of carboxylic acid groups (broad SMARTS) is 1. The van der Waals surface area contributed by atoms with E-state index in [-0.39, 0.29) is 5.75 Å². The normalized spacial score (nSPS) is 13.9. The van der Waals surface area contributed by atoms with E-state index in [1.807, 2.05) is 30.3 Å². The number of aliphatic carboxylic acids is 1. The van der Waals surface area contributed by atoms with E-state index in [1.165, 1.54) is 6.08 Å². The molecule has 1 heterocycles. The number of hydrogen-bond acceptors (Lipinski definition) is 4. The van der Waals surface area contributed by atoms with Gasteiger partial charge in [-0.15, -0.1) is 11.3 Å². The first-order chi connectivity index (χ1) is 14.5. The molecule has 4 nitrogen and oxygen atoms in total. The Labute approximate surface area is 178 Å². The van der Waals surface area contributed by atoms with Gasteiger partial charge in [0.1, 0.15) is 11.5 Å². The van der Waals surface area contributed by atoms with Crippen molar-refractivity contribution in [3.63, 3.8) is 0 Å². The largest absolute Gasteiger partial charge is 0.508 e. The zero-order chi connectivity index (χ0) is 21.1. The third-order valence-electron chi connectivity index (χ3n) is 4.74. The van der Waals surface area contributed by atoms with Crippen LogP contribution < -0.4 is 4.74 Å². The van der Waals surface area contributed by atoms with Crippen LogP contribution in [0, 0.1) is 0 Å². The van der Waals surface area contributed by atoms with Gasteiger partial charge in [0, 0.05) is 16.2 Å². The number of hydrogen-bond donors (Lipinski definition) is 2. The summed E-state index contributed by atoms with van der Waals surface area (Å²) in [5.74, 6) is 0.640. The second kappa shape index (κ2) is 8.43. The zero-order valence-electron chi connectivity index (χ0n) is 16.3. The standard InChI is InChI=1S/C25H20O4S/c1-16-5-3-2-4-6-20(16)25-24(21-13-10-18(26)15-22(21)30-25)29-19-11-7-17(8-12-19)9-14-23(27)28/h3-15,26H,2H2,1H3,(H,27,28)/b14-9+. The average Bonchev–Trinajstić information content (AvgIpc) is 2.91. The van der Waals surface area contributed by atoms with Gasteiger partial charge in [0.05, 0.1) is 4.88 Å². The summed E-state index contributed by atoms with van der Waals surface area (Å²) in [5.41, 5.74) is 3.03. The molecule has 0 unspecified atom stereocenters. The average molecular weight is 416 g/mol. The number of rotatable bonds is 5. The summed E-state index contributed by atoms with van der Waals surface area (Å²) in [6.45, 7) is 2.08. The first-order valence-corrected chi connectivity index (χ1v) is 10.3. The summed E-state index contributed by atoms with van der Waals surface area (Å²) in [6, 6.07) is 12.5. The summed E-state index contributed by atoms with van der Waals surface area (Å²) in [4.78, 5) is 11.7. The SMILES string of the molecule is CC1=C(c2sc3cc(O)ccc3c2Oc2ccc(/C=C/C(=O)O)cc2)C=CCC=C1. The van der Waals surface area contributed by atoms with Crippen LogP contribution >= 0.6 is 11.3 Å². The highest BCUT2D eigenvalue weighted by atomic mass is 32.1. The molecule has 2 aromatic carbocycles. The summed E-state index contributed by atoms with van der Waals surface area (Å²) >= 11 is 1.59. The van der Waals surface area contributed by atoms with Crippen LogP contribution in [-0.4, -0.2) is 16.2 Å². The highest BCUT2D eigenvalue weighted by Crippen LogP contribution is 2.46. The summed E-state index contributed by atoms with van der Waals surface area (Å²) in [7, 11) is 0. The fourth-order valence-corrected chi connectivity index (χ4v) is 4.51. The Morgan fingerprint density at radius 3 is 2.63 bits per heavy atom. The van der Waals surface area contributed by atoms with Crippen LogP contribution in [0.5, 0.6) is 17.2 Å². The molecule has 0 bridgehead atoms. The molecule has 0 fully saturated rings. The third-order valence-corrected chi connectivity index (χ3v) is 5.91. The lowest BCUT2D eigenvalue weighted by atomic mass is 10.1. The molecule has 1 aliphatic rings. The molecule has 2 N–H and O–H groups in total. The lowest BCUT2D eigenvalue weighted by Crippen LogP contribution is -1.89. The van der Waals surface area contributed by atoms with Crippen molar-refractivity contribution in [3.8, 4) is 17.2 Å². The summed E-state index contributed by atoms with van der Waals surface area (Å²) in [5, 5.41) is 19.6. The van der Waals surface area contributed by atoms with Gasteiger partial charge in [-0.2, -0.15) is 0 Å². The van der Waals surface area contributed by atoms with E-state index in [2.05, 4.69) is 31.2 Å². The second-order valence-electron chi connectivity index (χ2n) is 6.92. The van der Waals surface area contributed by atoms with Crippen molar-refractivity contribution < 1.29 is 19.7 Å². The van der Waals surface area contributed by atoms with Gasteiger partial charge in [-0.3, -0.25) is 0 Å². The molecular formula is C25H20O4S. The molecule has 4 rings (SSSR count). The van der Waals surface area contributed by atoms with Crippen molar-refractivity contribution >= 4 is 39.0 Å². The van der Waals surface area contributed by atoms with Crippen molar-refractivity contribution in [2.24, 2.45) is 0 Å². The first kappa shape index (κ1) is 19.7. The van der Waals surface area contributed by atoms with Crippen molar-refractivity contribution in [1.82, 2.24) is 0 Å². The minimum Gasteiger partial charge on any atom is -0.508 e. The maximum atomic E-state index is 10.7. The molecule has 3 aromatic rings. The number of ether oxygens (including phenoxy) is 1. The predicted molar refractivity (Wildman–Crippen MR) is 122 cm³/mol. The molecule has 0 amide bonds. The molecule has 0 radical (unpaired) electrons. The van der Waals surface area contributed by atoms with Crippen LogP contribution in [0.15, 0.2) is 78.4 Å². The first-order valence-electron chi connectivity index (χ1n) is 9.50. The van der Waals surface area contributed by atoms with E-state index in [9.17, 15) is 9.90 Å². The fraction of sp³-hybridized carbons (Fsp3) is 0.0800. The fourth-order valence-electron chi connectivity index (χ4n) is 3.26. The zero-order valence-corrected chi connectivity index (χ0v) is 17.1. The van der Waals surface area contributed by atoms with Crippen LogP contribution in [0.2, 0.25) is 0 Å². The maximum absolute atomic E-state index is 10.7. The molecule has 5 heteroatoms. The quantitative estimate of drug-likeness (QED) is 0.450. The number of carboxylic acids is 1. The Morgan fingerprint density at radius 2 is 1.87 bits per heavy atom. The van der Waals surface area contributed by atoms with Crippen LogP contribution in [0.25, 0.3) is 21.7 Å². The van der Waals surface area contributed by atoms with E-state index in [0.29, 0.717) is 5.75 Å². The minimum atomic E-state index is -0.984. The van der Waals surface area contributed by atoms with Gasteiger partial charge >= 0.3 is 5.97 Å². The highest BCUT2D eigenvalue weighted by Gasteiger charge is 2.19. The van der Waals surface area contributed by atoms with Gasteiger partial charge in [0.2, 0.25) is 0 Å². The lowest BCUT2D eigenvalue weighted by Gasteiger charge is -2.10. The number of phenolic OH excluding ortho intramolecular Hbond substituents is 1. The van der Waals surface area contributed by atoms with Gasteiger partial charge in [-0.1, -0.05) is 36.4 Å². The van der Waals surface area contributed by atoms with Crippen molar-refractivity contribution in [3.05, 3.63) is 88.9 Å². The van der Waals surface area contributed by atoms with E-state index in [0.717, 1.165) is 49.9 Å². The number of phenols is 1. The molecule has 0 saturated carbocycles. The number of carbonyl (C=O) groups is 1. The van der Waals surface area contributed by atoms with Gasteiger partial charge in [0.25, 0.3) is 0 Å². The molecule has 0 aliphatic heterocycles. The summed E-state index contributed by atoms with van der Waals surface area (Å²) < 4.78 is 7.27. The van der Waals surface area contributed by atoms with Gasteiger partial charge in [0.15, 0.2) is 5.75 Å². The molecule has 1 aliphatic carbocycles. The van der Waals surface area contributed by atoms with E-state index >= 15 is 0 Å². The number of allylic oxidation sites excluding steroid dienone is 6. The van der Waals surface area contributed by atoms with Crippen LogP contribution in [-0.2, 0) is 4.79 Å². The number of fused-ring (bicyclic) bond motifs is 1. The monoisotopic (exact) mass is 416 g/mol. The lowest BCUT2D eigenvalue weighted by molar-refractivity contribution is -0.131. The molecule has 1 aromatic heterocycles. The number of aromatic hydroxyl groups is 1. The van der Waals surface area contributed by atoms with Gasteiger partial charge < -0.3 is 14.9 Å². The van der Waals surface area contributed by atoms with Crippen LogP contribution in [0.1, 0.15) is 23.8 Å². The Hall–Kier alpha value is -3.57. The van der Waals surface area contributed by atoms with Gasteiger partial charge in [-0.25, -0.2) is 4.79 Å². The van der Waals surface area contributed by atoms with Gasteiger partial charge in [-0.05, 0) is 66.5 Å². The second-order valence-corrected chi connectivity index (χ2v) is 7.97. The Balaban J connectivity index is 1.78. The minimum absolute atomic E-state index is 0.221. The maximum Gasteiger partial charge on any atom is 0.328 e. The van der Waals surface area contributed by atoms with Crippen LogP contribution in [0.4, 0.5) is 0 Å². The number of benzene rings is 2. The van der Waals surface area contributed by atoms with E-state index < -0.39 is 5.97 Å². The topological polar surface area (TPSA) is 66.8 Å². The molecule has 150 valence electrons. The Bertz CT molecular complexity index is 1220.